The van der Waals surface area contributed by atoms with E-state index in [1.54, 1.807) is 24.3 Å². The Labute approximate surface area is 230 Å². The molecule has 9 heteroatoms. The van der Waals surface area contributed by atoms with Gasteiger partial charge in [-0.1, -0.05) is 96.2 Å². The summed E-state index contributed by atoms with van der Waals surface area (Å²) in [5.41, 5.74) is 3.21. The zero-order chi connectivity index (χ0) is 27.2. The first kappa shape index (κ1) is 23.9. The predicted molar refractivity (Wildman–Crippen MR) is 149 cm³/mol. The molecule has 40 heavy (non-hydrogen) atoms. The number of para-hydroxylation sites is 1. The van der Waals surface area contributed by atoms with Crippen molar-refractivity contribution < 1.29 is 14.4 Å². The third-order valence-corrected chi connectivity index (χ3v) is 7.62. The smallest absolute Gasteiger partial charge is 0.264 e. The molecule has 9 nitrogen and oxygen atoms in total. The molecule has 3 heterocycles. The summed E-state index contributed by atoms with van der Waals surface area (Å²) in [6, 6.07) is 30.4. The maximum absolute atomic E-state index is 13.8. The van der Waals surface area contributed by atoms with Crippen molar-refractivity contribution in [2.45, 2.75) is 24.5 Å². The molecule has 3 amide bonds. The van der Waals surface area contributed by atoms with Gasteiger partial charge in [0.05, 0.1) is 17.4 Å². The van der Waals surface area contributed by atoms with Gasteiger partial charge in [-0.05, 0) is 28.5 Å². The number of fused-ring (bicyclic) bond motifs is 2. The van der Waals surface area contributed by atoms with E-state index in [2.05, 4.69) is 28.5 Å². The van der Waals surface area contributed by atoms with Crippen molar-refractivity contribution in [3.8, 4) is 0 Å². The summed E-state index contributed by atoms with van der Waals surface area (Å²) >= 11 is 0. The molecule has 0 N–H and O–H groups in total. The zero-order valence-corrected chi connectivity index (χ0v) is 21.4. The van der Waals surface area contributed by atoms with Crippen molar-refractivity contribution in [2.24, 2.45) is 15.4 Å². The lowest BCUT2D eigenvalue weighted by Gasteiger charge is -2.25. The average molecular weight is 529 g/mol. The Kier molecular flexibility index (Phi) is 5.70. The van der Waals surface area contributed by atoms with E-state index in [4.69, 9.17) is 5.10 Å². The summed E-state index contributed by atoms with van der Waals surface area (Å²) in [4.78, 5) is 41.3. The van der Waals surface area contributed by atoms with Gasteiger partial charge in [-0.15, -0.1) is 0 Å². The van der Waals surface area contributed by atoms with Gasteiger partial charge in [-0.3, -0.25) is 19.4 Å². The van der Waals surface area contributed by atoms with Gasteiger partial charge in [0.1, 0.15) is 6.54 Å². The van der Waals surface area contributed by atoms with Gasteiger partial charge < -0.3 is 0 Å². The number of nitrogens with zero attached hydrogens (tertiary/aromatic N) is 6. The van der Waals surface area contributed by atoms with Crippen LogP contribution in [0.2, 0.25) is 0 Å². The van der Waals surface area contributed by atoms with E-state index in [0.29, 0.717) is 12.1 Å². The Hall–Kier alpha value is -5.18. The lowest BCUT2D eigenvalue weighted by molar-refractivity contribution is -0.135. The molecular formula is C31H24N6O3. The van der Waals surface area contributed by atoms with Crippen LogP contribution in [0.4, 0.5) is 5.69 Å². The van der Waals surface area contributed by atoms with Crippen LogP contribution in [0.3, 0.4) is 0 Å². The fourth-order valence-electron chi connectivity index (χ4n) is 5.71. The highest BCUT2D eigenvalue weighted by molar-refractivity contribution is 6.25. The zero-order valence-electron chi connectivity index (χ0n) is 21.4. The van der Waals surface area contributed by atoms with Crippen molar-refractivity contribution in [2.75, 3.05) is 11.4 Å². The van der Waals surface area contributed by atoms with Crippen molar-refractivity contribution in [1.82, 2.24) is 10.0 Å². The number of carbonyl (C=O) groups is 3. The maximum Gasteiger partial charge on any atom is 0.264 e. The van der Waals surface area contributed by atoms with Crippen LogP contribution >= 0.6 is 0 Å². The number of rotatable bonds is 5. The normalized spacial score (nSPS) is 21.9. The number of hydrazone groups is 1. The second kappa shape index (κ2) is 9.53. The molecule has 4 aromatic carbocycles. The molecule has 0 radical (unpaired) electrons. The van der Waals surface area contributed by atoms with Crippen LogP contribution in [-0.4, -0.2) is 52.1 Å². The van der Waals surface area contributed by atoms with Crippen molar-refractivity contribution >= 4 is 39.9 Å². The van der Waals surface area contributed by atoms with Crippen LogP contribution in [0.5, 0.6) is 0 Å². The minimum Gasteiger partial charge on any atom is -0.271 e. The van der Waals surface area contributed by atoms with E-state index in [1.807, 2.05) is 60.7 Å². The van der Waals surface area contributed by atoms with Crippen LogP contribution in [0.1, 0.15) is 23.6 Å². The molecule has 0 aromatic heterocycles. The van der Waals surface area contributed by atoms with Gasteiger partial charge >= 0.3 is 0 Å². The predicted octanol–water partition coefficient (Wildman–Crippen LogP) is 4.51. The fourth-order valence-corrected chi connectivity index (χ4v) is 5.71. The number of carbonyl (C=O) groups excluding carboxylic acids is 3. The average Bonchev–Trinajstić information content (AvgIpc) is 3.69. The summed E-state index contributed by atoms with van der Waals surface area (Å²) in [7, 11) is 0. The van der Waals surface area contributed by atoms with Crippen molar-refractivity contribution in [1.29, 1.82) is 0 Å². The first-order valence-corrected chi connectivity index (χ1v) is 13.1. The monoisotopic (exact) mass is 528 g/mol. The molecule has 0 bridgehead atoms. The lowest BCUT2D eigenvalue weighted by Crippen LogP contribution is -2.44. The molecule has 196 valence electrons. The highest BCUT2D eigenvalue weighted by Crippen LogP contribution is 2.36. The molecule has 3 aliphatic heterocycles. The molecule has 0 saturated carbocycles. The number of hydrogen-bond donors (Lipinski definition) is 0. The Balaban J connectivity index is 1.19. The first-order valence-electron chi connectivity index (χ1n) is 13.1. The highest BCUT2D eigenvalue weighted by atomic mass is 16.2. The first-order chi connectivity index (χ1) is 19.6. The number of benzene rings is 4. The topological polar surface area (TPSA) is 98.0 Å². The molecule has 3 aliphatic rings. The van der Waals surface area contributed by atoms with Gasteiger partial charge in [-0.25, -0.2) is 9.91 Å². The van der Waals surface area contributed by atoms with Crippen LogP contribution in [0, 0.1) is 0 Å². The minimum absolute atomic E-state index is 0.234. The molecular weight excluding hydrogens is 504 g/mol. The highest BCUT2D eigenvalue weighted by Gasteiger charge is 2.55. The van der Waals surface area contributed by atoms with E-state index in [-0.39, 0.29) is 18.5 Å². The van der Waals surface area contributed by atoms with Gasteiger partial charge in [0, 0.05) is 12.0 Å². The lowest BCUT2D eigenvalue weighted by atomic mass is 9.95. The maximum atomic E-state index is 13.8. The van der Waals surface area contributed by atoms with Crippen molar-refractivity contribution in [3.63, 3.8) is 0 Å². The fraction of sp³-hybridized carbons (Fsp3) is 0.161. The summed E-state index contributed by atoms with van der Waals surface area (Å²) in [6.45, 7) is -0.234. The molecule has 0 spiro atoms. The van der Waals surface area contributed by atoms with Gasteiger partial charge in [-0.2, -0.15) is 10.2 Å². The Morgan fingerprint density at radius 3 is 2.30 bits per heavy atom. The Morgan fingerprint density at radius 1 is 0.800 bits per heavy atom. The standard InChI is InChI=1S/C31H24N6O3/c38-27(19-35-29-28(32-34-35)30(39)36(31(29)40)22-14-5-2-6-15-22)37-26(21-11-3-1-4-12-21)18-25(33-37)24-17-9-13-20-10-7-8-16-23(20)24/h1-17,26,28-29H,18-19H2/t26-,28+,29-/m0/s1. The van der Waals surface area contributed by atoms with E-state index < -0.39 is 23.9 Å². The molecule has 1 saturated heterocycles. The third-order valence-electron chi connectivity index (χ3n) is 7.62. The molecule has 4 aromatic rings. The van der Waals surface area contributed by atoms with Crippen molar-refractivity contribution in [3.05, 3.63) is 114 Å². The van der Waals surface area contributed by atoms with Gasteiger partial charge in [0.25, 0.3) is 17.7 Å². The molecule has 0 aliphatic carbocycles. The third kappa shape index (κ3) is 3.86. The largest absolute Gasteiger partial charge is 0.271 e. The summed E-state index contributed by atoms with van der Waals surface area (Å²) in [5, 5.41) is 18.0. The second-order valence-electron chi connectivity index (χ2n) is 9.98. The Morgan fingerprint density at radius 2 is 1.50 bits per heavy atom. The van der Waals surface area contributed by atoms with Crippen LogP contribution in [0.15, 0.2) is 119 Å². The second-order valence-corrected chi connectivity index (χ2v) is 9.98. The van der Waals surface area contributed by atoms with Gasteiger partial charge in [0.15, 0.2) is 12.1 Å². The molecule has 1 fully saturated rings. The number of amides is 3. The molecule has 0 unspecified atom stereocenters. The summed E-state index contributed by atoms with van der Waals surface area (Å²) < 4.78 is 0. The van der Waals surface area contributed by atoms with Gasteiger partial charge in [0.2, 0.25) is 0 Å². The number of imide groups is 1. The van der Waals surface area contributed by atoms with Crippen LogP contribution in [0.25, 0.3) is 10.8 Å². The number of hydrogen-bond acceptors (Lipinski definition) is 7. The quantitative estimate of drug-likeness (QED) is 0.356. The van der Waals surface area contributed by atoms with Crippen LogP contribution in [-0.2, 0) is 14.4 Å². The molecule has 7 rings (SSSR count). The van der Waals surface area contributed by atoms with E-state index in [0.717, 1.165) is 32.5 Å². The van der Waals surface area contributed by atoms with E-state index in [1.165, 1.54) is 10.0 Å². The van der Waals surface area contributed by atoms with E-state index >= 15 is 0 Å². The van der Waals surface area contributed by atoms with Crippen LogP contribution < -0.4 is 4.90 Å². The summed E-state index contributed by atoms with van der Waals surface area (Å²) in [5.74, 6) is -1.22. The Bertz CT molecular complexity index is 1700. The van der Waals surface area contributed by atoms with E-state index in [9.17, 15) is 14.4 Å². The molecule has 3 atom stereocenters. The number of anilines is 1. The minimum atomic E-state index is -0.973. The SMILES string of the molecule is O=C1[C@@H]2[C@@H](N=NN2CC(=O)N2N=C(c3cccc4ccccc34)C[C@H]2c2ccccc2)C(=O)N1c1ccccc1. The summed E-state index contributed by atoms with van der Waals surface area (Å²) in [6.07, 6.45) is 0.538.